The largest absolute Gasteiger partial charge is 0.406 e. The zero-order chi connectivity index (χ0) is 10.6. The molecule has 0 atom stereocenters. The Hall–Kier alpha value is -0.740. The molecule has 2 nitrogen and oxygen atoms in total. The molecule has 0 N–H and O–H groups in total. The lowest BCUT2D eigenvalue weighted by Crippen LogP contribution is -2.42. The summed E-state index contributed by atoms with van der Waals surface area (Å²) in [7, 11) is 0. The lowest BCUT2D eigenvalue weighted by atomic mass is 10.3. The SMILES string of the molecule is CCC(=O)N(CC(F)(F)F)C(C)C. The highest BCUT2D eigenvalue weighted by Crippen LogP contribution is 2.18. The van der Waals surface area contributed by atoms with Gasteiger partial charge in [-0.3, -0.25) is 4.79 Å². The second-order valence-corrected chi connectivity index (χ2v) is 3.08. The van der Waals surface area contributed by atoms with Gasteiger partial charge in [0.1, 0.15) is 6.54 Å². The molecule has 0 radical (unpaired) electrons. The van der Waals surface area contributed by atoms with Crippen molar-refractivity contribution in [2.45, 2.75) is 39.4 Å². The van der Waals surface area contributed by atoms with E-state index < -0.39 is 24.7 Å². The van der Waals surface area contributed by atoms with Crippen molar-refractivity contribution in [2.24, 2.45) is 0 Å². The topological polar surface area (TPSA) is 20.3 Å². The fourth-order valence-corrected chi connectivity index (χ4v) is 0.955. The van der Waals surface area contributed by atoms with Crippen LogP contribution >= 0.6 is 0 Å². The van der Waals surface area contributed by atoms with Gasteiger partial charge in [0.15, 0.2) is 0 Å². The van der Waals surface area contributed by atoms with Crippen molar-refractivity contribution in [2.75, 3.05) is 6.54 Å². The molecule has 0 rings (SSSR count). The summed E-state index contributed by atoms with van der Waals surface area (Å²) in [6, 6.07) is -0.408. The summed E-state index contributed by atoms with van der Waals surface area (Å²) in [5.41, 5.74) is 0. The van der Waals surface area contributed by atoms with Gasteiger partial charge in [-0.2, -0.15) is 13.2 Å². The fraction of sp³-hybridized carbons (Fsp3) is 0.875. The van der Waals surface area contributed by atoms with Crippen LogP contribution in [0, 0.1) is 0 Å². The molecule has 0 saturated heterocycles. The molecule has 0 aliphatic carbocycles. The number of alkyl halides is 3. The van der Waals surface area contributed by atoms with E-state index in [0.29, 0.717) is 0 Å². The van der Waals surface area contributed by atoms with E-state index in [-0.39, 0.29) is 6.42 Å². The van der Waals surface area contributed by atoms with Crippen LogP contribution in [-0.2, 0) is 4.79 Å². The van der Waals surface area contributed by atoms with Gasteiger partial charge in [0.05, 0.1) is 0 Å². The third-order valence-corrected chi connectivity index (χ3v) is 1.60. The van der Waals surface area contributed by atoms with Gasteiger partial charge in [0.2, 0.25) is 5.91 Å². The molecular formula is C8H14F3NO. The standard InChI is InChI=1S/C8H14F3NO/c1-4-7(13)12(6(2)3)5-8(9,10)11/h6H,4-5H2,1-3H3. The summed E-state index contributed by atoms with van der Waals surface area (Å²) in [6.45, 7) is 3.53. The van der Waals surface area contributed by atoms with Crippen LogP contribution in [0.4, 0.5) is 13.2 Å². The molecule has 0 heterocycles. The van der Waals surface area contributed by atoms with E-state index >= 15 is 0 Å². The number of carbonyl (C=O) groups is 1. The molecule has 0 bridgehead atoms. The first-order chi connectivity index (χ1) is 5.78. The Morgan fingerprint density at radius 3 is 2.08 bits per heavy atom. The van der Waals surface area contributed by atoms with E-state index in [1.165, 1.54) is 0 Å². The highest BCUT2D eigenvalue weighted by molar-refractivity contribution is 5.76. The number of hydrogen-bond acceptors (Lipinski definition) is 1. The monoisotopic (exact) mass is 197 g/mol. The molecule has 1 amide bonds. The Bertz CT molecular complexity index is 177. The lowest BCUT2D eigenvalue weighted by Gasteiger charge is -2.27. The first-order valence-corrected chi connectivity index (χ1v) is 4.14. The molecule has 0 aromatic rings. The van der Waals surface area contributed by atoms with Gasteiger partial charge in [-0.25, -0.2) is 0 Å². The van der Waals surface area contributed by atoms with Gasteiger partial charge >= 0.3 is 6.18 Å². The van der Waals surface area contributed by atoms with Crippen molar-refractivity contribution >= 4 is 5.91 Å². The molecule has 0 aromatic carbocycles. The Morgan fingerprint density at radius 1 is 1.38 bits per heavy atom. The molecule has 0 saturated carbocycles. The highest BCUT2D eigenvalue weighted by Gasteiger charge is 2.33. The second kappa shape index (κ2) is 4.48. The van der Waals surface area contributed by atoms with Crippen molar-refractivity contribution < 1.29 is 18.0 Å². The number of hydrogen-bond donors (Lipinski definition) is 0. The first kappa shape index (κ1) is 12.3. The number of nitrogens with zero attached hydrogens (tertiary/aromatic N) is 1. The molecule has 0 aliphatic rings. The molecular weight excluding hydrogens is 183 g/mol. The van der Waals surface area contributed by atoms with Crippen LogP contribution in [0.15, 0.2) is 0 Å². The molecule has 0 spiro atoms. The third-order valence-electron chi connectivity index (χ3n) is 1.60. The van der Waals surface area contributed by atoms with E-state index in [1.54, 1.807) is 20.8 Å². The van der Waals surface area contributed by atoms with Crippen LogP contribution in [0.25, 0.3) is 0 Å². The van der Waals surface area contributed by atoms with E-state index in [1.807, 2.05) is 0 Å². The van der Waals surface area contributed by atoms with Crippen LogP contribution in [0.3, 0.4) is 0 Å². The summed E-state index contributed by atoms with van der Waals surface area (Å²) < 4.78 is 35.9. The fourth-order valence-electron chi connectivity index (χ4n) is 0.955. The summed E-state index contributed by atoms with van der Waals surface area (Å²) in [5, 5.41) is 0. The average Bonchev–Trinajstić information content (AvgIpc) is 1.96. The highest BCUT2D eigenvalue weighted by atomic mass is 19.4. The number of carbonyl (C=O) groups excluding carboxylic acids is 1. The molecule has 0 aromatic heterocycles. The second-order valence-electron chi connectivity index (χ2n) is 3.08. The van der Waals surface area contributed by atoms with Crippen molar-refractivity contribution in [1.82, 2.24) is 4.90 Å². The predicted octanol–water partition coefficient (Wildman–Crippen LogP) is 2.20. The van der Waals surface area contributed by atoms with Gasteiger partial charge in [-0.1, -0.05) is 6.92 Å². The molecule has 0 aliphatic heterocycles. The minimum absolute atomic E-state index is 0.105. The van der Waals surface area contributed by atoms with Crippen molar-refractivity contribution in [1.29, 1.82) is 0 Å². The molecule has 0 unspecified atom stereocenters. The van der Waals surface area contributed by atoms with Gasteiger partial charge in [-0.05, 0) is 13.8 Å². The van der Waals surface area contributed by atoms with E-state index in [9.17, 15) is 18.0 Å². The van der Waals surface area contributed by atoms with Crippen molar-refractivity contribution in [3.63, 3.8) is 0 Å². The Kier molecular flexibility index (Phi) is 4.23. The summed E-state index contributed by atoms with van der Waals surface area (Å²) >= 11 is 0. The van der Waals surface area contributed by atoms with Gasteiger partial charge in [0.25, 0.3) is 0 Å². The van der Waals surface area contributed by atoms with Gasteiger partial charge in [-0.15, -0.1) is 0 Å². The van der Waals surface area contributed by atoms with E-state index in [2.05, 4.69) is 0 Å². The molecule has 78 valence electrons. The van der Waals surface area contributed by atoms with Crippen LogP contribution < -0.4 is 0 Å². The smallest absolute Gasteiger partial charge is 0.331 e. The van der Waals surface area contributed by atoms with Gasteiger partial charge in [0, 0.05) is 12.5 Å². The van der Waals surface area contributed by atoms with Crippen LogP contribution in [0.5, 0.6) is 0 Å². The minimum Gasteiger partial charge on any atom is -0.331 e. The quantitative estimate of drug-likeness (QED) is 0.679. The molecule has 13 heavy (non-hydrogen) atoms. The maximum absolute atomic E-state index is 12.0. The number of halogens is 3. The Balaban J connectivity index is 4.36. The average molecular weight is 197 g/mol. The predicted molar refractivity (Wildman–Crippen MR) is 43.2 cm³/mol. The maximum Gasteiger partial charge on any atom is 0.406 e. The van der Waals surface area contributed by atoms with E-state index in [0.717, 1.165) is 4.90 Å². The van der Waals surface area contributed by atoms with Crippen molar-refractivity contribution in [3.8, 4) is 0 Å². The summed E-state index contributed by atoms with van der Waals surface area (Å²) in [6.07, 6.45) is -4.20. The summed E-state index contributed by atoms with van der Waals surface area (Å²) in [5.74, 6) is -0.465. The zero-order valence-corrected chi connectivity index (χ0v) is 7.98. The Labute approximate surface area is 75.7 Å². The molecule has 0 fully saturated rings. The van der Waals surface area contributed by atoms with Gasteiger partial charge < -0.3 is 4.90 Å². The van der Waals surface area contributed by atoms with Crippen LogP contribution in [-0.4, -0.2) is 29.6 Å². The normalized spacial score (nSPS) is 11.9. The van der Waals surface area contributed by atoms with E-state index in [4.69, 9.17) is 0 Å². The van der Waals surface area contributed by atoms with Crippen molar-refractivity contribution in [3.05, 3.63) is 0 Å². The zero-order valence-electron chi connectivity index (χ0n) is 7.98. The summed E-state index contributed by atoms with van der Waals surface area (Å²) in [4.78, 5) is 11.9. The lowest BCUT2D eigenvalue weighted by molar-refractivity contribution is -0.164. The minimum atomic E-state index is -4.31. The molecule has 5 heteroatoms. The Morgan fingerprint density at radius 2 is 1.85 bits per heavy atom. The first-order valence-electron chi connectivity index (χ1n) is 4.14. The number of amides is 1. The van der Waals surface area contributed by atoms with Crippen LogP contribution in [0.2, 0.25) is 0 Å². The van der Waals surface area contributed by atoms with Crippen LogP contribution in [0.1, 0.15) is 27.2 Å². The maximum atomic E-state index is 12.0. The number of rotatable bonds is 3. The third kappa shape index (κ3) is 4.75.